The van der Waals surface area contributed by atoms with Gasteiger partial charge in [0, 0.05) is 0 Å². The summed E-state index contributed by atoms with van der Waals surface area (Å²) in [5.41, 5.74) is 0. The van der Waals surface area contributed by atoms with Gasteiger partial charge < -0.3 is 9.15 Å². The molecule has 0 fully saturated rings. The molecule has 1 rings (SSSR count). The Morgan fingerprint density at radius 2 is 2.60 bits per heavy atom. The predicted molar refractivity (Wildman–Crippen MR) is 38.6 cm³/mol. The van der Waals surface area contributed by atoms with Gasteiger partial charge in [0.05, 0.1) is 12.9 Å². The van der Waals surface area contributed by atoms with E-state index in [1.54, 1.807) is 12.3 Å². The topological polar surface area (TPSA) is 22.4 Å². The lowest BCUT2D eigenvalue weighted by atomic mass is 10.5. The molecule has 10 heavy (non-hydrogen) atoms. The number of furan rings is 1. The predicted octanol–water partition coefficient (Wildman–Crippen LogP) is 1.98. The van der Waals surface area contributed by atoms with Crippen molar-refractivity contribution >= 4 is 0 Å². The SMILES string of the molecule is C=CCOCc1ccco1. The van der Waals surface area contributed by atoms with Gasteiger partial charge in [-0.3, -0.25) is 0 Å². The van der Waals surface area contributed by atoms with Crippen molar-refractivity contribution in [2.75, 3.05) is 6.61 Å². The van der Waals surface area contributed by atoms with Gasteiger partial charge >= 0.3 is 0 Å². The van der Waals surface area contributed by atoms with Gasteiger partial charge in [-0.25, -0.2) is 0 Å². The van der Waals surface area contributed by atoms with E-state index in [1.807, 2.05) is 12.1 Å². The lowest BCUT2D eigenvalue weighted by molar-refractivity contribution is 0.132. The number of rotatable bonds is 4. The van der Waals surface area contributed by atoms with Gasteiger partial charge in [0.2, 0.25) is 0 Å². The Morgan fingerprint density at radius 1 is 1.70 bits per heavy atom. The van der Waals surface area contributed by atoms with Gasteiger partial charge in [-0.15, -0.1) is 6.58 Å². The van der Waals surface area contributed by atoms with Gasteiger partial charge in [0.1, 0.15) is 12.4 Å². The van der Waals surface area contributed by atoms with Crippen LogP contribution in [0, 0.1) is 0 Å². The first kappa shape index (κ1) is 7.09. The minimum absolute atomic E-state index is 0.527. The van der Waals surface area contributed by atoms with Gasteiger partial charge in [-0.05, 0) is 12.1 Å². The fourth-order valence-corrected chi connectivity index (χ4v) is 0.638. The monoisotopic (exact) mass is 138 g/mol. The van der Waals surface area contributed by atoms with Crippen LogP contribution in [0.25, 0.3) is 0 Å². The molecule has 0 atom stereocenters. The average molecular weight is 138 g/mol. The van der Waals surface area contributed by atoms with Crippen molar-refractivity contribution in [3.63, 3.8) is 0 Å². The largest absolute Gasteiger partial charge is 0.467 e. The number of hydrogen-bond donors (Lipinski definition) is 0. The van der Waals surface area contributed by atoms with E-state index in [2.05, 4.69) is 6.58 Å². The average Bonchev–Trinajstić information content (AvgIpc) is 2.41. The fraction of sp³-hybridized carbons (Fsp3) is 0.250. The Bertz CT molecular complexity index is 177. The van der Waals surface area contributed by atoms with E-state index in [4.69, 9.17) is 9.15 Å². The van der Waals surface area contributed by atoms with Gasteiger partial charge in [0.15, 0.2) is 0 Å². The highest BCUT2D eigenvalue weighted by molar-refractivity contribution is 4.96. The highest BCUT2D eigenvalue weighted by atomic mass is 16.5. The molecule has 2 heteroatoms. The molecule has 0 saturated heterocycles. The molecule has 0 aromatic carbocycles. The molecule has 2 nitrogen and oxygen atoms in total. The minimum Gasteiger partial charge on any atom is -0.467 e. The summed E-state index contributed by atoms with van der Waals surface area (Å²) < 4.78 is 10.1. The van der Waals surface area contributed by atoms with Crippen LogP contribution in [0.4, 0.5) is 0 Å². The van der Waals surface area contributed by atoms with E-state index >= 15 is 0 Å². The smallest absolute Gasteiger partial charge is 0.129 e. The van der Waals surface area contributed by atoms with E-state index in [0.717, 1.165) is 5.76 Å². The third-order valence-corrected chi connectivity index (χ3v) is 1.06. The van der Waals surface area contributed by atoms with E-state index < -0.39 is 0 Å². The van der Waals surface area contributed by atoms with Crippen molar-refractivity contribution in [2.45, 2.75) is 6.61 Å². The summed E-state index contributed by atoms with van der Waals surface area (Å²) in [5, 5.41) is 0. The van der Waals surface area contributed by atoms with Crippen molar-refractivity contribution in [2.24, 2.45) is 0 Å². The van der Waals surface area contributed by atoms with Crippen LogP contribution in [-0.4, -0.2) is 6.61 Å². The van der Waals surface area contributed by atoms with Crippen LogP contribution >= 0.6 is 0 Å². The normalized spacial score (nSPS) is 9.60. The summed E-state index contributed by atoms with van der Waals surface area (Å²) in [5.74, 6) is 0.849. The molecule has 0 aliphatic carbocycles. The molecule has 0 N–H and O–H groups in total. The molecule has 1 aromatic heterocycles. The lowest BCUT2D eigenvalue weighted by Gasteiger charge is -1.94. The van der Waals surface area contributed by atoms with E-state index in [9.17, 15) is 0 Å². The summed E-state index contributed by atoms with van der Waals surface area (Å²) in [6, 6.07) is 3.72. The van der Waals surface area contributed by atoms with Crippen LogP contribution in [0.1, 0.15) is 5.76 Å². The third kappa shape index (κ3) is 2.07. The van der Waals surface area contributed by atoms with Gasteiger partial charge in [-0.2, -0.15) is 0 Å². The molecule has 0 spiro atoms. The number of hydrogen-bond acceptors (Lipinski definition) is 2. The second-order valence-corrected chi connectivity index (χ2v) is 1.88. The fourth-order valence-electron chi connectivity index (χ4n) is 0.638. The molecule has 0 aliphatic rings. The summed E-state index contributed by atoms with van der Waals surface area (Å²) in [6.45, 7) is 4.62. The molecule has 0 aliphatic heterocycles. The molecular formula is C8H10O2. The summed E-state index contributed by atoms with van der Waals surface area (Å²) in [7, 11) is 0. The van der Waals surface area contributed by atoms with Crippen molar-refractivity contribution in [3.8, 4) is 0 Å². The first-order valence-electron chi connectivity index (χ1n) is 3.14. The molecule has 0 radical (unpaired) electrons. The van der Waals surface area contributed by atoms with Crippen LogP contribution in [0.2, 0.25) is 0 Å². The van der Waals surface area contributed by atoms with E-state index in [0.29, 0.717) is 13.2 Å². The molecule has 0 amide bonds. The Kier molecular flexibility index (Phi) is 2.77. The highest BCUT2D eigenvalue weighted by Gasteiger charge is 1.91. The maximum atomic E-state index is 5.12. The first-order chi connectivity index (χ1) is 4.93. The Morgan fingerprint density at radius 3 is 3.20 bits per heavy atom. The van der Waals surface area contributed by atoms with E-state index in [-0.39, 0.29) is 0 Å². The molecule has 0 bridgehead atoms. The first-order valence-corrected chi connectivity index (χ1v) is 3.14. The molecular weight excluding hydrogens is 128 g/mol. The van der Waals surface area contributed by atoms with Crippen LogP contribution in [-0.2, 0) is 11.3 Å². The molecule has 0 saturated carbocycles. The van der Waals surface area contributed by atoms with Crippen molar-refractivity contribution in [3.05, 3.63) is 36.8 Å². The Hall–Kier alpha value is -1.02. The maximum Gasteiger partial charge on any atom is 0.129 e. The zero-order valence-corrected chi connectivity index (χ0v) is 5.75. The third-order valence-electron chi connectivity index (χ3n) is 1.06. The van der Waals surface area contributed by atoms with Crippen LogP contribution < -0.4 is 0 Å². The molecule has 54 valence electrons. The van der Waals surface area contributed by atoms with Crippen LogP contribution in [0.3, 0.4) is 0 Å². The Labute approximate surface area is 60.1 Å². The van der Waals surface area contributed by atoms with Gasteiger partial charge in [-0.1, -0.05) is 6.08 Å². The van der Waals surface area contributed by atoms with Crippen molar-refractivity contribution in [1.82, 2.24) is 0 Å². The standard InChI is InChI=1S/C8H10O2/c1-2-5-9-7-8-4-3-6-10-8/h2-4,6H,1,5,7H2. The molecule has 1 heterocycles. The lowest BCUT2D eigenvalue weighted by Crippen LogP contribution is -1.89. The Balaban J connectivity index is 2.21. The van der Waals surface area contributed by atoms with E-state index in [1.165, 1.54) is 0 Å². The van der Waals surface area contributed by atoms with Crippen LogP contribution in [0.5, 0.6) is 0 Å². The van der Waals surface area contributed by atoms with Crippen molar-refractivity contribution < 1.29 is 9.15 Å². The zero-order valence-electron chi connectivity index (χ0n) is 5.75. The zero-order chi connectivity index (χ0) is 7.23. The number of ether oxygens (including phenoxy) is 1. The maximum absolute atomic E-state index is 5.12. The molecule has 0 unspecified atom stereocenters. The summed E-state index contributed by atoms with van der Waals surface area (Å²) in [6.07, 6.45) is 3.34. The van der Waals surface area contributed by atoms with Crippen LogP contribution in [0.15, 0.2) is 35.5 Å². The second-order valence-electron chi connectivity index (χ2n) is 1.88. The summed E-state index contributed by atoms with van der Waals surface area (Å²) >= 11 is 0. The molecule has 1 aromatic rings. The quantitative estimate of drug-likeness (QED) is 0.469. The summed E-state index contributed by atoms with van der Waals surface area (Å²) in [4.78, 5) is 0. The van der Waals surface area contributed by atoms with Gasteiger partial charge in [0.25, 0.3) is 0 Å². The highest BCUT2D eigenvalue weighted by Crippen LogP contribution is 2.00. The minimum atomic E-state index is 0.527. The van der Waals surface area contributed by atoms with Crippen molar-refractivity contribution in [1.29, 1.82) is 0 Å². The second kappa shape index (κ2) is 3.90.